The van der Waals surface area contributed by atoms with Crippen LogP contribution in [-0.4, -0.2) is 40.0 Å². The van der Waals surface area contributed by atoms with Crippen LogP contribution in [0, 0.1) is 0 Å². The van der Waals surface area contributed by atoms with Crippen LogP contribution in [-0.2, 0) is 6.61 Å². The largest absolute Gasteiger partial charge is 0.485 e. The van der Waals surface area contributed by atoms with Crippen LogP contribution < -0.4 is 10.5 Å². The van der Waals surface area contributed by atoms with Gasteiger partial charge in [0, 0.05) is 30.4 Å². The molecule has 1 saturated heterocycles. The van der Waals surface area contributed by atoms with E-state index in [2.05, 4.69) is 39.0 Å². The Kier molecular flexibility index (Phi) is 5.48. The van der Waals surface area contributed by atoms with E-state index in [0.717, 1.165) is 29.9 Å². The van der Waals surface area contributed by atoms with Gasteiger partial charge in [-0.05, 0) is 74.3 Å². The zero-order valence-corrected chi connectivity index (χ0v) is 16.1. The normalized spacial score (nSPS) is 15.5. The number of rotatable bonds is 5. The van der Waals surface area contributed by atoms with Gasteiger partial charge in [-0.1, -0.05) is 6.07 Å². The maximum atomic E-state index is 5.99. The highest BCUT2D eigenvalue weighted by atomic mass is 16.5. The van der Waals surface area contributed by atoms with Crippen molar-refractivity contribution < 1.29 is 4.74 Å². The van der Waals surface area contributed by atoms with E-state index in [1.54, 1.807) is 18.6 Å². The minimum absolute atomic E-state index is 0.376. The monoisotopic (exact) mass is 375 g/mol. The van der Waals surface area contributed by atoms with Gasteiger partial charge in [0.05, 0.1) is 5.69 Å². The molecule has 0 aliphatic carbocycles. The Morgan fingerprint density at radius 1 is 1.07 bits per heavy atom. The number of aromatic nitrogens is 3. The average Bonchev–Trinajstić information content (AvgIpc) is 2.75. The van der Waals surface area contributed by atoms with E-state index < -0.39 is 0 Å². The number of pyridine rings is 3. The number of piperidine rings is 1. The molecule has 0 atom stereocenters. The lowest BCUT2D eigenvalue weighted by molar-refractivity contribution is 0.255. The van der Waals surface area contributed by atoms with Gasteiger partial charge in [-0.2, -0.15) is 0 Å². The summed E-state index contributed by atoms with van der Waals surface area (Å²) in [5, 5.41) is 0. The van der Waals surface area contributed by atoms with Crippen LogP contribution in [0.4, 0.5) is 5.82 Å². The maximum absolute atomic E-state index is 5.99. The van der Waals surface area contributed by atoms with Crippen molar-refractivity contribution in [1.82, 2.24) is 19.9 Å². The predicted octanol–water partition coefficient (Wildman–Crippen LogP) is 3.51. The number of nitrogen functional groups attached to an aromatic ring is 1. The number of nitrogens with zero attached hydrogens (tertiary/aromatic N) is 4. The predicted molar refractivity (Wildman–Crippen MR) is 110 cm³/mol. The minimum Gasteiger partial charge on any atom is -0.485 e. The quantitative estimate of drug-likeness (QED) is 0.735. The topological polar surface area (TPSA) is 77.2 Å². The smallest absolute Gasteiger partial charge is 0.166 e. The molecule has 4 heterocycles. The molecule has 2 N–H and O–H groups in total. The van der Waals surface area contributed by atoms with Crippen molar-refractivity contribution >= 4 is 5.82 Å². The molecule has 1 aliphatic heterocycles. The summed E-state index contributed by atoms with van der Waals surface area (Å²) in [7, 11) is 2.18. The molecule has 0 aromatic carbocycles. The number of hydrogen-bond donors (Lipinski definition) is 1. The van der Waals surface area contributed by atoms with E-state index in [1.807, 2.05) is 24.4 Å². The first-order valence-electron chi connectivity index (χ1n) is 9.61. The summed E-state index contributed by atoms with van der Waals surface area (Å²) in [4.78, 5) is 15.4. The molecule has 1 fully saturated rings. The van der Waals surface area contributed by atoms with Crippen molar-refractivity contribution in [3.05, 3.63) is 66.2 Å². The van der Waals surface area contributed by atoms with Crippen LogP contribution in [0.2, 0.25) is 0 Å². The summed E-state index contributed by atoms with van der Waals surface area (Å²) in [6, 6.07) is 9.98. The second kappa shape index (κ2) is 8.35. The molecule has 0 saturated carbocycles. The fraction of sp³-hybridized carbons (Fsp3) is 0.318. The van der Waals surface area contributed by atoms with E-state index in [9.17, 15) is 0 Å². The molecule has 1 aliphatic rings. The molecular formula is C22H25N5O. The average molecular weight is 375 g/mol. The van der Waals surface area contributed by atoms with E-state index >= 15 is 0 Å². The molecule has 3 aromatic rings. The van der Waals surface area contributed by atoms with Crippen LogP contribution in [0.1, 0.15) is 29.9 Å². The highest BCUT2D eigenvalue weighted by Gasteiger charge is 2.18. The van der Waals surface area contributed by atoms with Gasteiger partial charge in [-0.15, -0.1) is 0 Å². The summed E-state index contributed by atoms with van der Waals surface area (Å²) in [6.45, 7) is 2.71. The van der Waals surface area contributed by atoms with Crippen molar-refractivity contribution in [2.75, 3.05) is 25.9 Å². The number of anilines is 1. The summed E-state index contributed by atoms with van der Waals surface area (Å²) in [5.41, 5.74) is 10.1. The van der Waals surface area contributed by atoms with Crippen LogP contribution in [0.3, 0.4) is 0 Å². The van der Waals surface area contributed by atoms with Crippen LogP contribution >= 0.6 is 0 Å². The van der Waals surface area contributed by atoms with Gasteiger partial charge in [-0.25, -0.2) is 4.98 Å². The van der Waals surface area contributed by atoms with Gasteiger partial charge >= 0.3 is 0 Å². The van der Waals surface area contributed by atoms with Crippen LogP contribution in [0.5, 0.6) is 5.75 Å². The molecule has 0 bridgehead atoms. The van der Waals surface area contributed by atoms with Gasteiger partial charge in [0.25, 0.3) is 0 Å². The van der Waals surface area contributed by atoms with Crippen molar-refractivity contribution in [3.8, 4) is 17.0 Å². The Balaban J connectivity index is 1.48. The number of hydrogen-bond acceptors (Lipinski definition) is 6. The zero-order chi connectivity index (χ0) is 19.3. The summed E-state index contributed by atoms with van der Waals surface area (Å²) < 4.78 is 5.87. The van der Waals surface area contributed by atoms with Gasteiger partial charge in [0.2, 0.25) is 0 Å². The third kappa shape index (κ3) is 4.28. The second-order valence-electron chi connectivity index (χ2n) is 7.31. The fourth-order valence-corrected chi connectivity index (χ4v) is 3.51. The fourth-order valence-electron chi connectivity index (χ4n) is 3.51. The molecule has 144 valence electrons. The molecule has 3 aromatic heterocycles. The molecule has 0 spiro atoms. The van der Waals surface area contributed by atoms with Crippen molar-refractivity contribution in [3.63, 3.8) is 0 Å². The first-order valence-corrected chi connectivity index (χ1v) is 9.61. The summed E-state index contributed by atoms with van der Waals surface area (Å²) >= 11 is 0. The molecule has 0 unspecified atom stereocenters. The molecule has 4 rings (SSSR count). The van der Waals surface area contributed by atoms with E-state index in [1.165, 1.54) is 18.4 Å². The Morgan fingerprint density at radius 2 is 1.86 bits per heavy atom. The Bertz CT molecular complexity index is 906. The summed E-state index contributed by atoms with van der Waals surface area (Å²) in [6.07, 6.45) is 9.60. The zero-order valence-electron chi connectivity index (χ0n) is 16.1. The van der Waals surface area contributed by atoms with Crippen molar-refractivity contribution in [1.29, 1.82) is 0 Å². The molecule has 0 amide bonds. The van der Waals surface area contributed by atoms with E-state index in [-0.39, 0.29) is 0 Å². The van der Waals surface area contributed by atoms with Crippen LogP contribution in [0.25, 0.3) is 11.3 Å². The lowest BCUT2D eigenvalue weighted by Crippen LogP contribution is -2.29. The molecule has 6 nitrogen and oxygen atoms in total. The second-order valence-corrected chi connectivity index (χ2v) is 7.31. The SMILES string of the molecule is CN1CCC(c2ccc(-c3cnc(N)c(OCc4ccncc4)c3)nc2)CC1. The Hall–Kier alpha value is -2.99. The maximum Gasteiger partial charge on any atom is 0.166 e. The first-order chi connectivity index (χ1) is 13.7. The lowest BCUT2D eigenvalue weighted by Gasteiger charge is -2.29. The molecule has 6 heteroatoms. The summed E-state index contributed by atoms with van der Waals surface area (Å²) in [5.74, 6) is 1.54. The standard InChI is InChI=1S/C22H25N5O/c1-27-10-6-17(7-11-27)18-2-3-20(25-13-18)19-12-21(22(23)26-14-19)28-15-16-4-8-24-9-5-16/h2-5,8-9,12-14,17H,6-7,10-11,15H2,1H3,(H2,23,26). The number of ether oxygens (including phenoxy) is 1. The number of nitrogens with two attached hydrogens (primary N) is 1. The molecular weight excluding hydrogens is 350 g/mol. The number of likely N-dealkylation sites (tertiary alicyclic amines) is 1. The Morgan fingerprint density at radius 3 is 2.57 bits per heavy atom. The van der Waals surface area contributed by atoms with Crippen LogP contribution in [0.15, 0.2) is 55.1 Å². The third-order valence-corrected chi connectivity index (χ3v) is 5.30. The highest BCUT2D eigenvalue weighted by molar-refractivity contribution is 5.64. The van der Waals surface area contributed by atoms with Gasteiger partial charge < -0.3 is 15.4 Å². The highest BCUT2D eigenvalue weighted by Crippen LogP contribution is 2.30. The van der Waals surface area contributed by atoms with E-state index in [0.29, 0.717) is 24.1 Å². The van der Waals surface area contributed by atoms with Gasteiger partial charge in [-0.3, -0.25) is 9.97 Å². The van der Waals surface area contributed by atoms with Crippen molar-refractivity contribution in [2.24, 2.45) is 0 Å². The van der Waals surface area contributed by atoms with Gasteiger partial charge in [0.15, 0.2) is 11.6 Å². The molecule has 28 heavy (non-hydrogen) atoms. The Labute approximate surface area is 165 Å². The first kappa shape index (κ1) is 18.4. The lowest BCUT2D eigenvalue weighted by atomic mass is 9.90. The minimum atomic E-state index is 0.376. The van der Waals surface area contributed by atoms with Gasteiger partial charge in [0.1, 0.15) is 6.61 Å². The molecule has 0 radical (unpaired) electrons. The van der Waals surface area contributed by atoms with E-state index in [4.69, 9.17) is 10.5 Å². The third-order valence-electron chi connectivity index (χ3n) is 5.30. The van der Waals surface area contributed by atoms with Crippen molar-refractivity contribution in [2.45, 2.75) is 25.4 Å².